The summed E-state index contributed by atoms with van der Waals surface area (Å²) in [6.45, 7) is 11.1. The van der Waals surface area contributed by atoms with Crippen LogP contribution >= 0.6 is 0 Å². The summed E-state index contributed by atoms with van der Waals surface area (Å²) in [7, 11) is 0. The van der Waals surface area contributed by atoms with Gasteiger partial charge >= 0.3 is 0 Å². The minimum Gasteiger partial charge on any atom is -0.316 e. The first kappa shape index (κ1) is 9.47. The fourth-order valence-electron chi connectivity index (χ4n) is 2.88. The second-order valence-corrected chi connectivity index (χ2v) is 5.24. The van der Waals surface area contributed by atoms with E-state index in [2.05, 4.69) is 24.1 Å². The number of nitrogens with one attached hydrogen (secondary N) is 1. The molecule has 2 saturated heterocycles. The third-order valence-electron chi connectivity index (χ3n) is 3.19. The molecule has 2 aliphatic rings. The van der Waals surface area contributed by atoms with Gasteiger partial charge in [-0.2, -0.15) is 0 Å². The van der Waals surface area contributed by atoms with Crippen molar-refractivity contribution in [3.05, 3.63) is 0 Å². The highest BCUT2D eigenvalue weighted by atomic mass is 15.2. The normalized spacial score (nSPS) is 35.3. The first-order chi connectivity index (χ1) is 6.24. The van der Waals surface area contributed by atoms with Gasteiger partial charge in [-0.15, -0.1) is 0 Å². The molecule has 2 bridgehead atoms. The van der Waals surface area contributed by atoms with E-state index >= 15 is 0 Å². The highest BCUT2D eigenvalue weighted by molar-refractivity contribution is 4.85. The number of rotatable bonds is 2. The van der Waals surface area contributed by atoms with Crippen LogP contribution in [0.25, 0.3) is 0 Å². The van der Waals surface area contributed by atoms with Crippen molar-refractivity contribution >= 4 is 0 Å². The van der Waals surface area contributed by atoms with E-state index in [1.165, 1.54) is 39.1 Å². The Morgan fingerprint density at radius 1 is 1.23 bits per heavy atom. The minimum absolute atomic E-state index is 0.826. The van der Waals surface area contributed by atoms with Gasteiger partial charge in [-0.05, 0) is 37.3 Å². The molecule has 76 valence electrons. The molecule has 2 nitrogen and oxygen atoms in total. The zero-order chi connectivity index (χ0) is 9.26. The van der Waals surface area contributed by atoms with Crippen molar-refractivity contribution in [3.63, 3.8) is 0 Å². The van der Waals surface area contributed by atoms with Crippen LogP contribution in [-0.2, 0) is 0 Å². The SMILES string of the molecule is CC(C)CN1CC2CNCC(C2)C1. The topological polar surface area (TPSA) is 15.3 Å². The molecule has 13 heavy (non-hydrogen) atoms. The van der Waals surface area contributed by atoms with Crippen molar-refractivity contribution in [3.8, 4) is 0 Å². The lowest BCUT2D eigenvalue weighted by Crippen LogP contribution is -2.51. The van der Waals surface area contributed by atoms with Crippen LogP contribution in [0.1, 0.15) is 20.3 Å². The molecule has 0 amide bonds. The summed E-state index contributed by atoms with van der Waals surface area (Å²) in [6, 6.07) is 0. The Kier molecular flexibility index (Phi) is 2.89. The van der Waals surface area contributed by atoms with Gasteiger partial charge < -0.3 is 10.2 Å². The molecule has 0 aromatic rings. The number of hydrogen-bond acceptors (Lipinski definition) is 2. The standard InChI is InChI=1S/C11H22N2/c1-9(2)6-13-7-10-3-11(8-13)5-12-4-10/h9-12H,3-8H2,1-2H3. The fraction of sp³-hybridized carbons (Fsp3) is 1.00. The van der Waals surface area contributed by atoms with Gasteiger partial charge in [-0.1, -0.05) is 13.8 Å². The summed E-state index contributed by atoms with van der Waals surface area (Å²) in [5, 5.41) is 3.53. The zero-order valence-corrected chi connectivity index (χ0v) is 8.92. The van der Waals surface area contributed by atoms with Crippen molar-refractivity contribution in [2.45, 2.75) is 20.3 Å². The molecular weight excluding hydrogens is 160 g/mol. The van der Waals surface area contributed by atoms with Gasteiger partial charge in [0, 0.05) is 19.6 Å². The van der Waals surface area contributed by atoms with Gasteiger partial charge in [-0.3, -0.25) is 0 Å². The molecule has 0 saturated carbocycles. The zero-order valence-electron chi connectivity index (χ0n) is 8.92. The van der Waals surface area contributed by atoms with Crippen LogP contribution in [0.4, 0.5) is 0 Å². The highest BCUT2D eigenvalue weighted by Crippen LogP contribution is 2.24. The van der Waals surface area contributed by atoms with Gasteiger partial charge in [0.15, 0.2) is 0 Å². The van der Waals surface area contributed by atoms with E-state index in [-0.39, 0.29) is 0 Å². The van der Waals surface area contributed by atoms with Crippen LogP contribution in [0.3, 0.4) is 0 Å². The molecule has 0 spiro atoms. The van der Waals surface area contributed by atoms with Gasteiger partial charge in [0.2, 0.25) is 0 Å². The molecule has 0 aromatic heterocycles. The summed E-state index contributed by atoms with van der Waals surface area (Å²) in [6.07, 6.45) is 1.47. The van der Waals surface area contributed by atoms with Crippen LogP contribution < -0.4 is 5.32 Å². The molecule has 2 heteroatoms. The van der Waals surface area contributed by atoms with Gasteiger partial charge in [0.05, 0.1) is 0 Å². The summed E-state index contributed by atoms with van der Waals surface area (Å²) in [4.78, 5) is 2.67. The summed E-state index contributed by atoms with van der Waals surface area (Å²) in [5.74, 6) is 2.70. The Morgan fingerprint density at radius 3 is 2.38 bits per heavy atom. The average Bonchev–Trinajstić information content (AvgIpc) is 2.01. The maximum Gasteiger partial charge on any atom is 0.00221 e. The number of piperidine rings is 2. The molecule has 2 unspecified atom stereocenters. The van der Waals surface area contributed by atoms with Crippen LogP contribution in [0, 0.1) is 17.8 Å². The number of nitrogens with zero attached hydrogens (tertiary/aromatic N) is 1. The van der Waals surface area contributed by atoms with E-state index in [0.29, 0.717) is 0 Å². The Hall–Kier alpha value is -0.0800. The van der Waals surface area contributed by atoms with E-state index in [1.807, 2.05) is 0 Å². The highest BCUT2D eigenvalue weighted by Gasteiger charge is 2.30. The molecule has 2 fully saturated rings. The van der Waals surface area contributed by atoms with E-state index in [0.717, 1.165) is 17.8 Å². The fourth-order valence-corrected chi connectivity index (χ4v) is 2.88. The number of hydrogen-bond donors (Lipinski definition) is 1. The molecule has 2 atom stereocenters. The predicted octanol–water partition coefficient (Wildman–Crippen LogP) is 1.18. The van der Waals surface area contributed by atoms with Crippen molar-refractivity contribution in [1.82, 2.24) is 10.2 Å². The molecular formula is C11H22N2. The van der Waals surface area contributed by atoms with Gasteiger partial charge in [0.1, 0.15) is 0 Å². The van der Waals surface area contributed by atoms with Crippen molar-refractivity contribution < 1.29 is 0 Å². The van der Waals surface area contributed by atoms with Crippen molar-refractivity contribution in [1.29, 1.82) is 0 Å². The van der Waals surface area contributed by atoms with Crippen molar-refractivity contribution in [2.75, 3.05) is 32.7 Å². The van der Waals surface area contributed by atoms with Crippen LogP contribution in [0.5, 0.6) is 0 Å². The second kappa shape index (κ2) is 3.97. The van der Waals surface area contributed by atoms with Crippen molar-refractivity contribution in [2.24, 2.45) is 17.8 Å². The molecule has 2 rings (SSSR count). The molecule has 0 radical (unpaired) electrons. The smallest absolute Gasteiger partial charge is 0.00221 e. The Bertz CT molecular complexity index is 155. The molecule has 0 aromatic carbocycles. The average molecular weight is 182 g/mol. The summed E-state index contributed by atoms with van der Waals surface area (Å²) in [5.41, 5.74) is 0. The van der Waals surface area contributed by atoms with E-state index in [1.54, 1.807) is 0 Å². The summed E-state index contributed by atoms with van der Waals surface area (Å²) < 4.78 is 0. The third kappa shape index (κ3) is 2.44. The van der Waals surface area contributed by atoms with Crippen LogP contribution in [-0.4, -0.2) is 37.6 Å². The lowest BCUT2D eigenvalue weighted by molar-refractivity contribution is 0.0880. The maximum absolute atomic E-state index is 3.53. The van der Waals surface area contributed by atoms with Gasteiger partial charge in [0.25, 0.3) is 0 Å². The molecule has 2 aliphatic heterocycles. The van der Waals surface area contributed by atoms with E-state index in [4.69, 9.17) is 0 Å². The number of fused-ring (bicyclic) bond motifs is 2. The first-order valence-electron chi connectivity index (χ1n) is 5.67. The van der Waals surface area contributed by atoms with Crippen LogP contribution in [0.15, 0.2) is 0 Å². The molecule has 2 heterocycles. The lowest BCUT2D eigenvalue weighted by atomic mass is 9.85. The Morgan fingerprint density at radius 2 is 1.85 bits per heavy atom. The quantitative estimate of drug-likeness (QED) is 0.690. The minimum atomic E-state index is 0.826. The largest absolute Gasteiger partial charge is 0.316 e. The van der Waals surface area contributed by atoms with Gasteiger partial charge in [-0.25, -0.2) is 0 Å². The number of likely N-dealkylation sites (tertiary alicyclic amines) is 1. The monoisotopic (exact) mass is 182 g/mol. The van der Waals surface area contributed by atoms with E-state index in [9.17, 15) is 0 Å². The lowest BCUT2D eigenvalue weighted by Gasteiger charge is -2.42. The van der Waals surface area contributed by atoms with Crippen LogP contribution in [0.2, 0.25) is 0 Å². The maximum atomic E-state index is 3.53. The third-order valence-corrected chi connectivity index (χ3v) is 3.19. The second-order valence-electron chi connectivity index (χ2n) is 5.24. The Balaban J connectivity index is 1.86. The molecule has 1 N–H and O–H groups in total. The molecule has 0 aliphatic carbocycles. The predicted molar refractivity (Wildman–Crippen MR) is 55.7 cm³/mol. The first-order valence-corrected chi connectivity index (χ1v) is 5.67. The summed E-state index contributed by atoms with van der Waals surface area (Å²) >= 11 is 0. The van der Waals surface area contributed by atoms with E-state index < -0.39 is 0 Å². The Labute approximate surface area is 81.7 Å².